The molecule has 0 aliphatic heterocycles. The fraction of sp³-hybridized carbons (Fsp3) is 0.0588. The number of rotatable bonds is 5. The van der Waals surface area contributed by atoms with Crippen LogP contribution in [0, 0.1) is 0 Å². The third-order valence-corrected chi connectivity index (χ3v) is 17.3. The molecule has 0 saturated carbocycles. The van der Waals surface area contributed by atoms with Gasteiger partial charge in [0.1, 0.15) is 0 Å². The molecule has 0 N–H and O–H groups in total. The van der Waals surface area contributed by atoms with Crippen molar-refractivity contribution in [2.24, 2.45) is 0 Å². The summed E-state index contributed by atoms with van der Waals surface area (Å²) < 4.78 is 2.65. The molecule has 0 fully saturated rings. The van der Waals surface area contributed by atoms with Crippen LogP contribution in [0.1, 0.15) is 47.2 Å². The van der Waals surface area contributed by atoms with Gasteiger partial charge in [0.2, 0.25) is 0 Å². The molecule has 1 spiro atoms. The van der Waals surface area contributed by atoms with E-state index in [2.05, 4.69) is 255 Å². The van der Waals surface area contributed by atoms with Crippen LogP contribution in [-0.4, -0.2) is 0 Å². The molecule has 70 heavy (non-hydrogen) atoms. The molecular weight excluding hydrogens is 863 g/mol. The van der Waals surface area contributed by atoms with Gasteiger partial charge < -0.3 is 4.90 Å². The molecule has 11 aromatic carbocycles. The van der Waals surface area contributed by atoms with E-state index in [1.807, 2.05) is 11.3 Å². The second-order valence-electron chi connectivity index (χ2n) is 19.9. The van der Waals surface area contributed by atoms with Gasteiger partial charge in [-0.2, -0.15) is 0 Å². The Hall–Kier alpha value is -8.30. The van der Waals surface area contributed by atoms with Crippen molar-refractivity contribution in [3.05, 3.63) is 270 Å². The molecule has 3 aliphatic carbocycles. The molecule has 1 aromatic heterocycles. The van der Waals surface area contributed by atoms with Gasteiger partial charge in [-0.3, -0.25) is 0 Å². The standard InChI is InChI=1S/C68H45NS/c1-67(2)56-27-13-8-20-47(56)51-38-36-45(40-60(51)67)69(46-37-39-52-50-23-11-16-30-59(50)68(61(52)41-46)57-28-14-9-21-48(57)49-22-10-15-29-58(49)68)44-34-32-43(33-35-44)63-53-24-6-7-25-54(53)66-65(55-26-12-17-31-62(55)70-66)64(63)42-18-4-3-5-19-42/h3-41H,1-2H3. The van der Waals surface area contributed by atoms with Crippen molar-refractivity contribution in [2.75, 3.05) is 4.90 Å². The Morgan fingerprint density at radius 1 is 0.329 bits per heavy atom. The fourth-order valence-corrected chi connectivity index (χ4v) is 14.4. The van der Waals surface area contributed by atoms with Crippen LogP contribution in [-0.2, 0) is 10.8 Å². The maximum atomic E-state index is 2.52. The summed E-state index contributed by atoms with van der Waals surface area (Å²) in [5.74, 6) is 0. The first-order valence-corrected chi connectivity index (χ1v) is 25.3. The normalized spacial score (nSPS) is 14.1. The maximum absolute atomic E-state index is 2.52. The first kappa shape index (κ1) is 39.7. The highest BCUT2D eigenvalue weighted by atomic mass is 32.1. The van der Waals surface area contributed by atoms with Gasteiger partial charge in [-0.25, -0.2) is 0 Å². The second-order valence-corrected chi connectivity index (χ2v) is 20.9. The molecular formula is C68H45NS. The zero-order valence-electron chi connectivity index (χ0n) is 38.9. The number of nitrogens with zero attached hydrogens (tertiary/aromatic N) is 1. The Kier molecular flexibility index (Phi) is 8.28. The number of fused-ring (bicyclic) bond motifs is 18. The quantitative estimate of drug-likeness (QED) is 0.166. The Bertz CT molecular complexity index is 4090. The minimum absolute atomic E-state index is 0.155. The van der Waals surface area contributed by atoms with E-state index in [9.17, 15) is 0 Å². The van der Waals surface area contributed by atoms with Gasteiger partial charge in [0.05, 0.1) is 5.41 Å². The molecule has 328 valence electrons. The van der Waals surface area contributed by atoms with Crippen molar-refractivity contribution in [3.63, 3.8) is 0 Å². The monoisotopic (exact) mass is 907 g/mol. The molecule has 15 rings (SSSR count). The number of anilines is 3. The Labute approximate surface area is 412 Å². The van der Waals surface area contributed by atoms with Gasteiger partial charge in [-0.05, 0) is 137 Å². The molecule has 1 nitrogen and oxygen atoms in total. The zero-order valence-corrected chi connectivity index (χ0v) is 39.7. The summed E-state index contributed by atoms with van der Waals surface area (Å²) in [6, 6.07) is 89.2. The van der Waals surface area contributed by atoms with Crippen LogP contribution < -0.4 is 4.90 Å². The second kappa shape index (κ2) is 14.6. The highest BCUT2D eigenvalue weighted by molar-refractivity contribution is 7.26. The predicted molar refractivity (Wildman–Crippen MR) is 296 cm³/mol. The average Bonchev–Trinajstić information content (AvgIpc) is 4.12. The third kappa shape index (κ3) is 5.26. The van der Waals surface area contributed by atoms with Crippen LogP contribution >= 0.6 is 11.3 Å². The van der Waals surface area contributed by atoms with Gasteiger partial charge in [-0.15, -0.1) is 11.3 Å². The van der Waals surface area contributed by atoms with Crippen molar-refractivity contribution in [3.8, 4) is 55.6 Å². The van der Waals surface area contributed by atoms with E-state index in [1.165, 1.54) is 120 Å². The first-order chi connectivity index (χ1) is 34.5. The largest absolute Gasteiger partial charge is 0.310 e. The van der Waals surface area contributed by atoms with Gasteiger partial charge in [-0.1, -0.05) is 208 Å². The van der Waals surface area contributed by atoms with E-state index in [0.717, 1.165) is 17.1 Å². The van der Waals surface area contributed by atoms with Crippen molar-refractivity contribution in [2.45, 2.75) is 24.7 Å². The van der Waals surface area contributed by atoms with Crippen LogP contribution in [0.25, 0.3) is 86.6 Å². The fourth-order valence-electron chi connectivity index (χ4n) is 13.1. The van der Waals surface area contributed by atoms with Crippen LogP contribution in [0.2, 0.25) is 0 Å². The van der Waals surface area contributed by atoms with E-state index >= 15 is 0 Å². The van der Waals surface area contributed by atoms with E-state index < -0.39 is 5.41 Å². The molecule has 0 saturated heterocycles. The van der Waals surface area contributed by atoms with E-state index in [-0.39, 0.29) is 5.41 Å². The summed E-state index contributed by atoms with van der Waals surface area (Å²) in [6.45, 7) is 4.77. The lowest BCUT2D eigenvalue weighted by molar-refractivity contribution is 0.660. The van der Waals surface area contributed by atoms with Gasteiger partial charge >= 0.3 is 0 Å². The highest BCUT2D eigenvalue weighted by Gasteiger charge is 2.51. The summed E-state index contributed by atoms with van der Waals surface area (Å²) in [5, 5.41) is 5.20. The van der Waals surface area contributed by atoms with Crippen LogP contribution in [0.4, 0.5) is 17.1 Å². The maximum Gasteiger partial charge on any atom is 0.0726 e. The van der Waals surface area contributed by atoms with Crippen LogP contribution in [0.5, 0.6) is 0 Å². The molecule has 0 unspecified atom stereocenters. The Balaban J connectivity index is 0.973. The summed E-state index contributed by atoms with van der Waals surface area (Å²) >= 11 is 1.91. The lowest BCUT2D eigenvalue weighted by Gasteiger charge is -2.32. The van der Waals surface area contributed by atoms with Gasteiger partial charge in [0.25, 0.3) is 0 Å². The zero-order chi connectivity index (χ0) is 46.3. The number of thiophene rings is 1. The van der Waals surface area contributed by atoms with Crippen molar-refractivity contribution >= 4 is 59.3 Å². The Morgan fingerprint density at radius 2 is 0.771 bits per heavy atom. The van der Waals surface area contributed by atoms with Crippen molar-refractivity contribution in [1.82, 2.24) is 0 Å². The minimum atomic E-state index is -0.453. The predicted octanol–water partition coefficient (Wildman–Crippen LogP) is 18.7. The minimum Gasteiger partial charge on any atom is -0.310 e. The SMILES string of the molecule is CC1(C)c2ccccc2-c2ccc(N(c3ccc(-c4c(-c5ccccc5)c5c6ccccc6sc5c5ccccc45)cc3)c3ccc4c(c3)C3(c5ccccc5-c5ccccc53)c3ccccc3-4)cc21. The molecule has 2 heteroatoms. The number of hydrogen-bond donors (Lipinski definition) is 0. The van der Waals surface area contributed by atoms with Gasteiger partial charge in [0.15, 0.2) is 0 Å². The molecule has 1 heterocycles. The Morgan fingerprint density at radius 3 is 1.40 bits per heavy atom. The lowest BCUT2D eigenvalue weighted by Crippen LogP contribution is -2.26. The summed E-state index contributed by atoms with van der Waals surface area (Å²) in [6.07, 6.45) is 0. The summed E-state index contributed by atoms with van der Waals surface area (Å²) in [7, 11) is 0. The van der Waals surface area contributed by atoms with Crippen LogP contribution in [0.3, 0.4) is 0 Å². The number of benzene rings is 11. The molecule has 0 amide bonds. The molecule has 3 aliphatic rings. The van der Waals surface area contributed by atoms with Crippen molar-refractivity contribution in [1.29, 1.82) is 0 Å². The van der Waals surface area contributed by atoms with E-state index in [4.69, 9.17) is 0 Å². The van der Waals surface area contributed by atoms with Gasteiger partial charge in [0, 0.05) is 48.0 Å². The molecule has 0 radical (unpaired) electrons. The van der Waals surface area contributed by atoms with E-state index in [0.29, 0.717) is 0 Å². The first-order valence-electron chi connectivity index (χ1n) is 24.5. The lowest BCUT2D eigenvalue weighted by atomic mass is 9.70. The van der Waals surface area contributed by atoms with E-state index in [1.54, 1.807) is 0 Å². The average molecular weight is 908 g/mol. The number of hydrogen-bond acceptors (Lipinski definition) is 2. The summed E-state index contributed by atoms with van der Waals surface area (Å²) in [5.41, 5.74) is 23.8. The molecule has 0 bridgehead atoms. The van der Waals surface area contributed by atoms with Crippen molar-refractivity contribution < 1.29 is 0 Å². The highest BCUT2D eigenvalue weighted by Crippen LogP contribution is 2.63. The smallest absolute Gasteiger partial charge is 0.0726 e. The summed E-state index contributed by atoms with van der Waals surface area (Å²) in [4.78, 5) is 2.51. The molecule has 0 atom stereocenters. The van der Waals surface area contributed by atoms with Crippen LogP contribution in [0.15, 0.2) is 237 Å². The molecule has 12 aromatic rings. The third-order valence-electron chi connectivity index (χ3n) is 16.1. The topological polar surface area (TPSA) is 3.24 Å².